The van der Waals surface area contributed by atoms with E-state index in [0.29, 0.717) is 0 Å². The number of halogens is 4. The fourth-order valence-corrected chi connectivity index (χ4v) is 1.52. The van der Waals surface area contributed by atoms with Crippen LogP contribution in [0.1, 0.15) is 6.42 Å². The van der Waals surface area contributed by atoms with E-state index in [1.807, 2.05) is 0 Å². The third-order valence-corrected chi connectivity index (χ3v) is 2.40. The van der Waals surface area contributed by atoms with E-state index in [4.69, 9.17) is 4.74 Å². The maximum atomic E-state index is 11.9. The van der Waals surface area contributed by atoms with Crippen molar-refractivity contribution >= 4 is 21.6 Å². The Kier molecular flexibility index (Phi) is 4.33. The molecule has 0 aliphatic heterocycles. The fourth-order valence-electron chi connectivity index (χ4n) is 1.05. The largest absolute Gasteiger partial charge is 0.486 e. The van der Waals surface area contributed by atoms with Gasteiger partial charge in [0.15, 0.2) is 0 Å². The first-order valence-corrected chi connectivity index (χ1v) is 5.23. The first-order valence-electron chi connectivity index (χ1n) is 4.44. The molecule has 8 heteroatoms. The molecule has 0 saturated carbocycles. The van der Waals surface area contributed by atoms with Gasteiger partial charge < -0.3 is 4.74 Å². The Morgan fingerprint density at radius 3 is 2.59 bits per heavy atom. The van der Waals surface area contributed by atoms with Gasteiger partial charge in [0.25, 0.3) is 0 Å². The molecule has 1 rings (SSSR count). The highest BCUT2D eigenvalue weighted by Gasteiger charge is 2.28. The summed E-state index contributed by atoms with van der Waals surface area (Å²) >= 11 is 2.99. The summed E-state index contributed by atoms with van der Waals surface area (Å²) in [5.74, 6) is -0.193. The van der Waals surface area contributed by atoms with Crippen molar-refractivity contribution < 1.29 is 22.8 Å². The Bertz CT molecular complexity index is 422. The lowest BCUT2D eigenvalue weighted by Gasteiger charge is -2.10. The third kappa shape index (κ3) is 4.22. The summed E-state index contributed by atoms with van der Waals surface area (Å²) in [6.45, 7) is -0.660. The van der Waals surface area contributed by atoms with E-state index < -0.39 is 24.1 Å². The van der Waals surface area contributed by atoms with Crippen molar-refractivity contribution in [1.29, 1.82) is 0 Å². The van der Waals surface area contributed by atoms with Crippen LogP contribution in [0.3, 0.4) is 0 Å². The van der Waals surface area contributed by atoms with Crippen molar-refractivity contribution in [3.8, 4) is 5.75 Å². The van der Waals surface area contributed by atoms with Crippen molar-refractivity contribution in [3.05, 3.63) is 32.8 Å². The summed E-state index contributed by atoms with van der Waals surface area (Å²) in [5.41, 5.74) is -0.374. The van der Waals surface area contributed by atoms with Gasteiger partial charge in [0.05, 0.1) is 22.4 Å². The van der Waals surface area contributed by atoms with Gasteiger partial charge in [-0.25, -0.2) is 0 Å². The van der Waals surface area contributed by atoms with Gasteiger partial charge in [-0.15, -0.1) is 0 Å². The van der Waals surface area contributed by atoms with E-state index >= 15 is 0 Å². The zero-order valence-electron chi connectivity index (χ0n) is 8.33. The van der Waals surface area contributed by atoms with E-state index in [-0.39, 0.29) is 15.9 Å². The molecule has 0 atom stereocenters. The van der Waals surface area contributed by atoms with E-state index in [0.717, 1.165) is 6.07 Å². The molecular formula is C9H7BrF3NO3. The van der Waals surface area contributed by atoms with Crippen LogP contribution in [0.15, 0.2) is 22.7 Å². The highest BCUT2D eigenvalue weighted by molar-refractivity contribution is 9.10. The Hall–Kier alpha value is -1.31. The number of hydrogen-bond donors (Lipinski definition) is 0. The number of nitro groups is 1. The minimum atomic E-state index is -4.35. The summed E-state index contributed by atoms with van der Waals surface area (Å²) in [4.78, 5) is 9.90. The zero-order valence-corrected chi connectivity index (χ0v) is 9.92. The maximum Gasteiger partial charge on any atom is 0.392 e. The van der Waals surface area contributed by atoms with Gasteiger partial charge in [-0.05, 0) is 22.0 Å². The van der Waals surface area contributed by atoms with Crippen LogP contribution in [0.25, 0.3) is 0 Å². The van der Waals surface area contributed by atoms with E-state index in [1.54, 1.807) is 0 Å². The predicted molar refractivity (Wildman–Crippen MR) is 57.0 cm³/mol. The monoisotopic (exact) mass is 313 g/mol. The molecule has 1 aromatic rings. The average molecular weight is 314 g/mol. The Morgan fingerprint density at radius 1 is 1.41 bits per heavy atom. The van der Waals surface area contributed by atoms with Crippen molar-refractivity contribution in [3.63, 3.8) is 0 Å². The zero-order chi connectivity index (χ0) is 13.1. The normalized spacial score (nSPS) is 11.3. The van der Waals surface area contributed by atoms with Gasteiger partial charge in [0.2, 0.25) is 5.75 Å². The van der Waals surface area contributed by atoms with E-state index in [2.05, 4.69) is 15.9 Å². The number of rotatable bonds is 4. The molecule has 0 bridgehead atoms. The highest BCUT2D eigenvalue weighted by atomic mass is 79.9. The number of para-hydroxylation sites is 1. The van der Waals surface area contributed by atoms with Crippen molar-refractivity contribution in [2.24, 2.45) is 0 Å². The van der Waals surface area contributed by atoms with Crippen LogP contribution in [0.2, 0.25) is 0 Å². The minimum Gasteiger partial charge on any atom is -0.486 e. The van der Waals surface area contributed by atoms with Crippen LogP contribution >= 0.6 is 15.9 Å². The molecule has 0 unspecified atom stereocenters. The Balaban J connectivity index is 2.79. The van der Waals surface area contributed by atoms with Crippen LogP contribution in [-0.2, 0) is 0 Å². The quantitative estimate of drug-likeness (QED) is 0.629. The van der Waals surface area contributed by atoms with E-state index in [9.17, 15) is 23.3 Å². The molecule has 4 nitrogen and oxygen atoms in total. The lowest BCUT2D eigenvalue weighted by Crippen LogP contribution is -2.13. The second-order valence-electron chi connectivity index (χ2n) is 3.06. The van der Waals surface area contributed by atoms with E-state index in [1.165, 1.54) is 12.1 Å². The molecule has 94 valence electrons. The summed E-state index contributed by atoms with van der Waals surface area (Å²) in [6.07, 6.45) is -5.51. The summed E-state index contributed by atoms with van der Waals surface area (Å²) in [5, 5.41) is 10.6. The van der Waals surface area contributed by atoms with Gasteiger partial charge in [-0.3, -0.25) is 10.1 Å². The molecule has 1 aromatic carbocycles. The topological polar surface area (TPSA) is 52.4 Å². The maximum absolute atomic E-state index is 11.9. The molecule has 0 aliphatic rings. The number of ether oxygens (including phenoxy) is 1. The smallest absolute Gasteiger partial charge is 0.392 e. The molecule has 0 aliphatic carbocycles. The first kappa shape index (κ1) is 13.8. The molecule has 17 heavy (non-hydrogen) atoms. The van der Waals surface area contributed by atoms with Crippen LogP contribution in [0.4, 0.5) is 18.9 Å². The summed E-state index contributed by atoms with van der Waals surface area (Å²) in [6, 6.07) is 4.02. The predicted octanol–water partition coefficient (Wildman–Crippen LogP) is 3.69. The number of hydrogen-bond acceptors (Lipinski definition) is 3. The molecule has 0 radical (unpaired) electrons. The number of nitrogens with zero attached hydrogens (tertiary/aromatic N) is 1. The number of alkyl halides is 3. The minimum absolute atomic E-state index is 0.193. The molecule has 0 aromatic heterocycles. The van der Waals surface area contributed by atoms with Crippen molar-refractivity contribution in [1.82, 2.24) is 0 Å². The van der Waals surface area contributed by atoms with Gasteiger partial charge in [0.1, 0.15) is 0 Å². The molecular weight excluding hydrogens is 307 g/mol. The Morgan fingerprint density at radius 2 is 2.06 bits per heavy atom. The van der Waals surface area contributed by atoms with Crippen molar-refractivity contribution in [2.75, 3.05) is 6.61 Å². The standard InChI is InChI=1S/C9H7BrF3NO3/c10-6-2-1-3-7(14(15)16)8(6)17-5-4-9(11,12)13/h1-3H,4-5H2. The first-order chi connectivity index (χ1) is 7.81. The molecule has 0 spiro atoms. The third-order valence-electron chi connectivity index (χ3n) is 1.77. The second-order valence-corrected chi connectivity index (χ2v) is 3.91. The van der Waals surface area contributed by atoms with Crippen molar-refractivity contribution in [2.45, 2.75) is 12.6 Å². The fraction of sp³-hybridized carbons (Fsp3) is 0.333. The SMILES string of the molecule is O=[N+]([O-])c1cccc(Br)c1OCCC(F)(F)F. The average Bonchev–Trinajstić information content (AvgIpc) is 2.18. The molecule has 0 N–H and O–H groups in total. The molecule has 0 fully saturated rings. The highest BCUT2D eigenvalue weighted by Crippen LogP contribution is 2.35. The van der Waals surface area contributed by atoms with Crippen LogP contribution < -0.4 is 4.74 Å². The molecule has 0 saturated heterocycles. The van der Waals surface area contributed by atoms with Gasteiger partial charge >= 0.3 is 11.9 Å². The van der Waals surface area contributed by atoms with Gasteiger partial charge in [-0.1, -0.05) is 6.07 Å². The van der Waals surface area contributed by atoms with Crippen LogP contribution in [0, 0.1) is 10.1 Å². The number of nitro benzene ring substituents is 1. The molecule has 0 heterocycles. The lowest BCUT2D eigenvalue weighted by atomic mass is 10.3. The summed E-state index contributed by atoms with van der Waals surface area (Å²) in [7, 11) is 0. The summed E-state index contributed by atoms with van der Waals surface area (Å²) < 4.78 is 40.7. The van der Waals surface area contributed by atoms with Gasteiger partial charge in [-0.2, -0.15) is 13.2 Å². The second kappa shape index (κ2) is 5.35. The number of benzene rings is 1. The van der Waals surface area contributed by atoms with Crippen LogP contribution in [0.5, 0.6) is 5.75 Å². The lowest BCUT2D eigenvalue weighted by molar-refractivity contribution is -0.386. The van der Waals surface area contributed by atoms with Gasteiger partial charge in [0, 0.05) is 6.07 Å². The van der Waals surface area contributed by atoms with Crippen LogP contribution in [-0.4, -0.2) is 17.7 Å². The Labute approximate surface area is 103 Å². The molecule has 0 amide bonds.